The van der Waals surface area contributed by atoms with Crippen molar-refractivity contribution in [1.29, 1.82) is 0 Å². The first-order valence-corrected chi connectivity index (χ1v) is 7.09. The summed E-state index contributed by atoms with van der Waals surface area (Å²) in [5, 5.41) is 6.05. The van der Waals surface area contributed by atoms with E-state index < -0.39 is 11.6 Å². The number of carbonyl (C=O) groups excluding carboxylic acids is 1. The number of carbonyl (C=O) groups is 1. The summed E-state index contributed by atoms with van der Waals surface area (Å²) in [6.07, 6.45) is 4.75. The van der Waals surface area contributed by atoms with Gasteiger partial charge in [0.15, 0.2) is 0 Å². The third-order valence-corrected chi connectivity index (χ3v) is 3.62. The largest absolute Gasteiger partial charge is 0.352 e. The van der Waals surface area contributed by atoms with Gasteiger partial charge in [-0.1, -0.05) is 12.5 Å². The summed E-state index contributed by atoms with van der Waals surface area (Å²) in [5.74, 6) is -1.33. The SMILES string of the molecule is O=C(CCC1CCCCN1)NCc1ccc(F)cc1F. The molecule has 1 heterocycles. The number of amides is 1. The van der Waals surface area contributed by atoms with Crippen LogP contribution in [-0.2, 0) is 11.3 Å². The maximum absolute atomic E-state index is 13.4. The minimum absolute atomic E-state index is 0.0962. The molecule has 0 radical (unpaired) electrons. The van der Waals surface area contributed by atoms with Crippen molar-refractivity contribution in [1.82, 2.24) is 10.6 Å². The van der Waals surface area contributed by atoms with E-state index in [-0.39, 0.29) is 12.5 Å². The molecule has 3 nitrogen and oxygen atoms in total. The van der Waals surface area contributed by atoms with Gasteiger partial charge in [0.05, 0.1) is 0 Å². The molecule has 1 unspecified atom stereocenters. The average Bonchev–Trinajstić information content (AvgIpc) is 2.45. The molecule has 1 aromatic carbocycles. The molecule has 1 aromatic rings. The highest BCUT2D eigenvalue weighted by Crippen LogP contribution is 2.12. The highest BCUT2D eigenvalue weighted by atomic mass is 19.1. The van der Waals surface area contributed by atoms with E-state index in [9.17, 15) is 13.6 Å². The summed E-state index contributed by atoms with van der Waals surface area (Å²) >= 11 is 0. The maximum Gasteiger partial charge on any atom is 0.220 e. The van der Waals surface area contributed by atoms with E-state index in [1.165, 1.54) is 25.0 Å². The number of rotatable bonds is 5. The summed E-state index contributed by atoms with van der Waals surface area (Å²) in [6, 6.07) is 3.79. The van der Waals surface area contributed by atoms with Crippen LogP contribution in [0.5, 0.6) is 0 Å². The third kappa shape index (κ3) is 4.56. The van der Waals surface area contributed by atoms with Crippen molar-refractivity contribution in [2.24, 2.45) is 0 Å². The van der Waals surface area contributed by atoms with Crippen molar-refractivity contribution < 1.29 is 13.6 Å². The summed E-state index contributed by atoms with van der Waals surface area (Å²) in [6.45, 7) is 1.12. The molecule has 110 valence electrons. The van der Waals surface area contributed by atoms with Gasteiger partial charge >= 0.3 is 0 Å². The van der Waals surface area contributed by atoms with E-state index in [2.05, 4.69) is 10.6 Å². The van der Waals surface area contributed by atoms with Crippen molar-refractivity contribution in [2.75, 3.05) is 6.54 Å². The molecule has 0 spiro atoms. The number of halogens is 2. The Labute approximate surface area is 117 Å². The van der Waals surface area contributed by atoms with Crippen LogP contribution < -0.4 is 10.6 Å². The van der Waals surface area contributed by atoms with Crippen LogP contribution >= 0.6 is 0 Å². The first kappa shape index (κ1) is 14.9. The lowest BCUT2D eigenvalue weighted by Gasteiger charge is -2.23. The van der Waals surface area contributed by atoms with Crippen LogP contribution in [0.25, 0.3) is 0 Å². The quantitative estimate of drug-likeness (QED) is 0.871. The number of piperidine rings is 1. The average molecular weight is 282 g/mol. The van der Waals surface area contributed by atoms with Crippen molar-refractivity contribution in [3.8, 4) is 0 Å². The molecule has 2 N–H and O–H groups in total. The number of nitrogens with one attached hydrogen (secondary N) is 2. The van der Waals surface area contributed by atoms with E-state index in [1.807, 2.05) is 0 Å². The minimum atomic E-state index is -0.626. The van der Waals surface area contributed by atoms with E-state index in [4.69, 9.17) is 0 Å². The minimum Gasteiger partial charge on any atom is -0.352 e. The smallest absolute Gasteiger partial charge is 0.220 e. The highest BCUT2D eigenvalue weighted by Gasteiger charge is 2.14. The molecular formula is C15H20F2N2O. The standard InChI is InChI=1S/C15H20F2N2O/c16-12-5-4-11(14(17)9-12)10-19-15(20)7-6-13-3-1-2-8-18-13/h4-5,9,13,18H,1-3,6-8,10H2,(H,19,20). The van der Waals surface area contributed by atoms with Crippen LogP contribution in [0, 0.1) is 11.6 Å². The number of hydrogen-bond donors (Lipinski definition) is 2. The van der Waals surface area contributed by atoms with Crippen molar-refractivity contribution in [3.63, 3.8) is 0 Å². The monoisotopic (exact) mass is 282 g/mol. The molecule has 1 fully saturated rings. The molecule has 1 atom stereocenters. The van der Waals surface area contributed by atoms with Gasteiger partial charge in [-0.15, -0.1) is 0 Å². The van der Waals surface area contributed by atoms with Gasteiger partial charge in [-0.3, -0.25) is 4.79 Å². The second-order valence-electron chi connectivity index (χ2n) is 5.20. The van der Waals surface area contributed by atoms with Crippen LogP contribution in [0.15, 0.2) is 18.2 Å². The summed E-state index contributed by atoms with van der Waals surface area (Å²) in [5.41, 5.74) is 0.301. The number of benzene rings is 1. The summed E-state index contributed by atoms with van der Waals surface area (Å²) < 4.78 is 26.1. The lowest BCUT2D eigenvalue weighted by Crippen LogP contribution is -2.35. The first-order valence-electron chi connectivity index (χ1n) is 7.09. The molecule has 1 aliphatic rings. The van der Waals surface area contributed by atoms with Crippen LogP contribution in [0.4, 0.5) is 8.78 Å². The van der Waals surface area contributed by atoms with Gasteiger partial charge in [0, 0.05) is 30.6 Å². The zero-order chi connectivity index (χ0) is 14.4. The lowest BCUT2D eigenvalue weighted by molar-refractivity contribution is -0.121. The molecule has 1 amide bonds. The fourth-order valence-electron chi connectivity index (χ4n) is 2.42. The molecule has 5 heteroatoms. The highest BCUT2D eigenvalue weighted by molar-refractivity contribution is 5.75. The Kier molecular flexibility index (Phi) is 5.47. The maximum atomic E-state index is 13.4. The van der Waals surface area contributed by atoms with Crippen molar-refractivity contribution >= 4 is 5.91 Å². The first-order chi connectivity index (χ1) is 9.65. The Morgan fingerprint density at radius 1 is 1.35 bits per heavy atom. The summed E-state index contributed by atoms with van der Waals surface area (Å²) in [4.78, 5) is 11.7. The number of hydrogen-bond acceptors (Lipinski definition) is 2. The van der Waals surface area contributed by atoms with E-state index in [0.717, 1.165) is 25.5 Å². The molecule has 2 rings (SSSR count). The van der Waals surface area contributed by atoms with Crippen LogP contribution in [0.2, 0.25) is 0 Å². The second kappa shape index (κ2) is 7.33. The Morgan fingerprint density at radius 2 is 2.20 bits per heavy atom. The fourth-order valence-corrected chi connectivity index (χ4v) is 2.42. The topological polar surface area (TPSA) is 41.1 Å². The molecule has 0 bridgehead atoms. The van der Waals surface area contributed by atoms with Crippen molar-refractivity contribution in [2.45, 2.75) is 44.7 Å². The lowest BCUT2D eigenvalue weighted by atomic mass is 10.0. The predicted octanol–water partition coefficient (Wildman–Crippen LogP) is 2.50. The van der Waals surface area contributed by atoms with Gasteiger partial charge in [0.1, 0.15) is 11.6 Å². The Bertz CT molecular complexity index is 459. The molecule has 0 saturated carbocycles. The molecule has 1 aliphatic heterocycles. The van der Waals surface area contributed by atoms with E-state index >= 15 is 0 Å². The fraction of sp³-hybridized carbons (Fsp3) is 0.533. The third-order valence-electron chi connectivity index (χ3n) is 3.62. The van der Waals surface area contributed by atoms with Crippen LogP contribution in [0.1, 0.15) is 37.7 Å². The molecule has 1 saturated heterocycles. The van der Waals surface area contributed by atoms with Gasteiger partial charge in [-0.05, 0) is 31.9 Å². The molecule has 0 aliphatic carbocycles. The van der Waals surface area contributed by atoms with Gasteiger partial charge in [0.25, 0.3) is 0 Å². The predicted molar refractivity (Wildman–Crippen MR) is 73.1 cm³/mol. The Morgan fingerprint density at radius 3 is 2.90 bits per heavy atom. The second-order valence-corrected chi connectivity index (χ2v) is 5.20. The molecular weight excluding hydrogens is 262 g/mol. The van der Waals surface area contributed by atoms with Crippen molar-refractivity contribution in [3.05, 3.63) is 35.4 Å². The van der Waals surface area contributed by atoms with E-state index in [0.29, 0.717) is 18.0 Å². The van der Waals surface area contributed by atoms with Gasteiger partial charge in [-0.2, -0.15) is 0 Å². The zero-order valence-corrected chi connectivity index (χ0v) is 11.4. The summed E-state index contributed by atoms with van der Waals surface area (Å²) in [7, 11) is 0. The van der Waals surface area contributed by atoms with Gasteiger partial charge in [0.2, 0.25) is 5.91 Å². The van der Waals surface area contributed by atoms with Gasteiger partial charge in [-0.25, -0.2) is 8.78 Å². The Balaban J connectivity index is 1.71. The van der Waals surface area contributed by atoms with Crippen LogP contribution in [-0.4, -0.2) is 18.5 Å². The zero-order valence-electron chi connectivity index (χ0n) is 11.4. The normalized spacial score (nSPS) is 18.8. The van der Waals surface area contributed by atoms with Gasteiger partial charge < -0.3 is 10.6 Å². The van der Waals surface area contributed by atoms with Crippen LogP contribution in [0.3, 0.4) is 0 Å². The van der Waals surface area contributed by atoms with E-state index in [1.54, 1.807) is 0 Å². The Hall–Kier alpha value is -1.49. The molecule has 20 heavy (non-hydrogen) atoms. The molecule has 0 aromatic heterocycles.